The van der Waals surface area contributed by atoms with E-state index in [0.29, 0.717) is 40.7 Å². The summed E-state index contributed by atoms with van der Waals surface area (Å²) in [5, 5.41) is 7.27. The van der Waals surface area contributed by atoms with Crippen LogP contribution in [0.2, 0.25) is 5.02 Å². The molecular weight excluding hydrogens is 487 g/mol. The molecule has 0 unspecified atom stereocenters. The number of ether oxygens (including phenoxy) is 1. The van der Waals surface area contributed by atoms with Crippen molar-refractivity contribution >= 4 is 47.2 Å². The van der Waals surface area contributed by atoms with E-state index in [1.54, 1.807) is 25.0 Å². The monoisotopic (exact) mass is 516 g/mol. The second-order valence-electron chi connectivity index (χ2n) is 8.98. The lowest BCUT2D eigenvalue weighted by Gasteiger charge is -2.28. The zero-order chi connectivity index (χ0) is 25.2. The van der Waals surface area contributed by atoms with E-state index in [2.05, 4.69) is 32.5 Å². The second kappa shape index (κ2) is 10.5. The fourth-order valence-corrected chi connectivity index (χ4v) is 5.47. The molecule has 0 saturated carbocycles. The molecule has 1 aliphatic heterocycles. The van der Waals surface area contributed by atoms with Gasteiger partial charge in [0.05, 0.1) is 18.5 Å². The summed E-state index contributed by atoms with van der Waals surface area (Å²) >= 11 is 6.37. The molecule has 0 atom stereocenters. The number of nitrogens with zero attached hydrogens (tertiary/aromatic N) is 4. The van der Waals surface area contributed by atoms with Crippen LogP contribution in [0.4, 0.5) is 23.1 Å². The number of benzene rings is 1. The molecule has 11 heteroatoms. The van der Waals surface area contributed by atoms with Crippen molar-refractivity contribution in [2.45, 2.75) is 19.5 Å². The summed E-state index contributed by atoms with van der Waals surface area (Å²) in [5.41, 5.74) is 3.01. The van der Waals surface area contributed by atoms with E-state index >= 15 is 0 Å². The highest BCUT2D eigenvalue weighted by molar-refractivity contribution is 7.70. The maximum atomic E-state index is 13.3. The van der Waals surface area contributed by atoms with Crippen molar-refractivity contribution in [2.24, 2.45) is 0 Å². The van der Waals surface area contributed by atoms with Gasteiger partial charge in [0.1, 0.15) is 17.9 Å². The number of hydrogen-bond donors (Lipinski definition) is 2. The first-order valence-electron chi connectivity index (χ1n) is 11.3. The average molecular weight is 517 g/mol. The minimum absolute atomic E-state index is 0.151. The van der Waals surface area contributed by atoms with Crippen LogP contribution in [-0.4, -0.2) is 60.1 Å². The van der Waals surface area contributed by atoms with Gasteiger partial charge in [0.2, 0.25) is 5.95 Å². The van der Waals surface area contributed by atoms with Gasteiger partial charge in [-0.1, -0.05) is 23.7 Å². The van der Waals surface area contributed by atoms with Crippen LogP contribution in [0.25, 0.3) is 0 Å². The highest BCUT2D eigenvalue weighted by Gasteiger charge is 2.21. The molecule has 0 bridgehead atoms. The molecule has 2 aromatic heterocycles. The fraction of sp³-hybridized carbons (Fsp3) is 0.375. The maximum Gasteiger partial charge on any atom is 0.274 e. The Morgan fingerprint density at radius 2 is 1.97 bits per heavy atom. The molecular formula is C24H30ClN6O3P. The van der Waals surface area contributed by atoms with Crippen molar-refractivity contribution in [2.75, 3.05) is 51.3 Å². The zero-order valence-electron chi connectivity index (χ0n) is 20.3. The Kier molecular flexibility index (Phi) is 7.62. The third-order valence-electron chi connectivity index (χ3n) is 5.91. The Hall–Kier alpha value is -2.71. The van der Waals surface area contributed by atoms with Gasteiger partial charge < -0.3 is 29.4 Å². The van der Waals surface area contributed by atoms with Gasteiger partial charge in [-0.3, -0.25) is 4.79 Å². The predicted molar refractivity (Wildman–Crippen MR) is 142 cm³/mol. The number of likely N-dealkylation sites (N-methyl/N-ethyl adjacent to an activating group) is 1. The molecule has 35 heavy (non-hydrogen) atoms. The second-order valence-corrected chi connectivity index (χ2v) is 12.6. The molecule has 2 N–H and O–H groups in total. The van der Waals surface area contributed by atoms with E-state index in [1.807, 2.05) is 30.3 Å². The quantitative estimate of drug-likeness (QED) is 0.437. The third kappa shape index (κ3) is 5.76. The molecule has 4 rings (SSSR count). The lowest BCUT2D eigenvalue weighted by Crippen LogP contribution is -2.35. The van der Waals surface area contributed by atoms with Crippen molar-refractivity contribution < 1.29 is 9.30 Å². The summed E-state index contributed by atoms with van der Waals surface area (Å²) in [4.78, 5) is 24.3. The number of rotatable bonds is 8. The topological polar surface area (TPSA) is 101 Å². The molecule has 9 nitrogen and oxygen atoms in total. The number of methoxy groups -OCH3 is 1. The third-order valence-corrected chi connectivity index (χ3v) is 7.73. The van der Waals surface area contributed by atoms with Gasteiger partial charge in [0.15, 0.2) is 5.82 Å². The number of pyridine rings is 1. The standard InChI is InChI=1S/C24H30ClN6O3P/c1-30-10-9-20-16(15-30)13-19(23(32)31(20)11-12-34-2)28-24-26-14-17(25)22(29-24)27-18-7-5-6-8-21(18)35(3,4)33/h5-8,13-14H,9-12,15H2,1-4H3,(H2,26,27,28,29). The largest absolute Gasteiger partial charge is 0.383 e. The van der Waals surface area contributed by atoms with Crippen LogP contribution < -0.4 is 21.5 Å². The van der Waals surface area contributed by atoms with Gasteiger partial charge in [0, 0.05) is 44.2 Å². The Bertz CT molecular complexity index is 1340. The van der Waals surface area contributed by atoms with E-state index in [-0.39, 0.29) is 11.5 Å². The van der Waals surface area contributed by atoms with Gasteiger partial charge in [-0.2, -0.15) is 4.98 Å². The number of para-hydroxylation sites is 1. The molecule has 186 valence electrons. The number of halogens is 1. The molecule has 0 amide bonds. The molecule has 1 aliphatic rings. The molecule has 0 radical (unpaired) electrons. The highest BCUT2D eigenvalue weighted by atomic mass is 35.5. The summed E-state index contributed by atoms with van der Waals surface area (Å²) in [5.74, 6) is 0.576. The average Bonchev–Trinajstić information content (AvgIpc) is 2.81. The molecule has 3 heterocycles. The summed E-state index contributed by atoms with van der Waals surface area (Å²) in [6.45, 7) is 5.97. The summed E-state index contributed by atoms with van der Waals surface area (Å²) in [7, 11) is 1.15. The highest BCUT2D eigenvalue weighted by Crippen LogP contribution is 2.38. The number of hydrogen-bond acceptors (Lipinski definition) is 8. The minimum Gasteiger partial charge on any atom is -0.383 e. The van der Waals surface area contributed by atoms with Crippen LogP contribution in [0.1, 0.15) is 11.3 Å². The first kappa shape index (κ1) is 25.4. The summed E-state index contributed by atoms with van der Waals surface area (Å²) < 4.78 is 19.7. The Balaban J connectivity index is 1.68. The van der Waals surface area contributed by atoms with E-state index < -0.39 is 7.14 Å². The molecule has 0 spiro atoms. The van der Waals surface area contributed by atoms with Crippen molar-refractivity contribution in [1.82, 2.24) is 19.4 Å². The van der Waals surface area contributed by atoms with Crippen LogP contribution in [0.15, 0.2) is 41.3 Å². The Morgan fingerprint density at radius 1 is 1.20 bits per heavy atom. The number of nitrogens with one attached hydrogen (secondary N) is 2. The van der Waals surface area contributed by atoms with Crippen LogP contribution in [-0.2, 0) is 28.8 Å². The minimum atomic E-state index is -2.54. The van der Waals surface area contributed by atoms with Crippen molar-refractivity contribution in [3.63, 3.8) is 0 Å². The van der Waals surface area contributed by atoms with Crippen LogP contribution >= 0.6 is 18.7 Å². The zero-order valence-corrected chi connectivity index (χ0v) is 22.0. The van der Waals surface area contributed by atoms with Gasteiger partial charge in [-0.05, 0) is 44.1 Å². The first-order chi connectivity index (χ1) is 16.7. The van der Waals surface area contributed by atoms with Crippen molar-refractivity contribution in [1.29, 1.82) is 0 Å². The lowest BCUT2D eigenvalue weighted by molar-refractivity contribution is 0.184. The molecule has 0 saturated heterocycles. The fourth-order valence-electron chi connectivity index (χ4n) is 4.18. The van der Waals surface area contributed by atoms with Crippen LogP contribution in [0.5, 0.6) is 0 Å². The van der Waals surface area contributed by atoms with Gasteiger partial charge >= 0.3 is 0 Å². The number of aromatic nitrogens is 3. The first-order valence-corrected chi connectivity index (χ1v) is 14.3. The number of anilines is 4. The van der Waals surface area contributed by atoms with Crippen LogP contribution in [0.3, 0.4) is 0 Å². The Labute approximate surface area is 209 Å². The molecule has 0 aliphatic carbocycles. The SMILES string of the molecule is COCCn1c2c(cc(Nc3ncc(Cl)c(Nc4ccccc4P(C)(C)=O)n3)c1=O)CN(C)CC2. The lowest BCUT2D eigenvalue weighted by atomic mass is 10.0. The predicted octanol–water partition coefficient (Wildman–Crippen LogP) is 3.66. The van der Waals surface area contributed by atoms with E-state index in [9.17, 15) is 9.36 Å². The normalized spacial score (nSPS) is 14.0. The smallest absolute Gasteiger partial charge is 0.274 e. The van der Waals surface area contributed by atoms with E-state index in [1.165, 1.54) is 6.20 Å². The van der Waals surface area contributed by atoms with Crippen LogP contribution in [0, 0.1) is 0 Å². The van der Waals surface area contributed by atoms with Crippen molar-refractivity contribution in [3.05, 3.63) is 63.2 Å². The summed E-state index contributed by atoms with van der Waals surface area (Å²) in [6, 6.07) is 9.22. The molecule has 0 fully saturated rings. The van der Waals surface area contributed by atoms with E-state index in [0.717, 1.165) is 30.8 Å². The van der Waals surface area contributed by atoms with Gasteiger partial charge in [0.25, 0.3) is 5.56 Å². The Morgan fingerprint density at radius 3 is 2.71 bits per heavy atom. The van der Waals surface area contributed by atoms with Gasteiger partial charge in [-0.15, -0.1) is 0 Å². The maximum absolute atomic E-state index is 13.3. The van der Waals surface area contributed by atoms with Gasteiger partial charge in [-0.25, -0.2) is 4.98 Å². The summed E-state index contributed by atoms with van der Waals surface area (Å²) in [6.07, 6.45) is 2.27. The molecule has 1 aromatic carbocycles. The van der Waals surface area contributed by atoms with Crippen molar-refractivity contribution in [3.8, 4) is 0 Å². The van der Waals surface area contributed by atoms with E-state index in [4.69, 9.17) is 16.3 Å². The molecule has 3 aromatic rings. The number of fused-ring (bicyclic) bond motifs is 1.